The second kappa shape index (κ2) is 5.58. The van der Waals surface area contributed by atoms with Crippen LogP contribution in [-0.4, -0.2) is 34.7 Å². The zero-order valence-electron chi connectivity index (χ0n) is 11.1. The number of fused-ring (bicyclic) bond motifs is 1. The Hall–Kier alpha value is -1.95. The zero-order chi connectivity index (χ0) is 14.8. The molecular weight excluding hydrogens is 266 g/mol. The monoisotopic (exact) mass is 282 g/mol. The van der Waals surface area contributed by atoms with E-state index >= 15 is 0 Å². The minimum atomic E-state index is -3.29. The average Bonchev–Trinajstić information content (AvgIpc) is 2.73. The topological polar surface area (TPSA) is 54.3 Å². The number of hydrogen-bond donors (Lipinski definition) is 2. The van der Waals surface area contributed by atoms with Crippen LogP contribution in [-0.2, 0) is 11.3 Å². The van der Waals surface area contributed by atoms with Crippen molar-refractivity contribution >= 4 is 16.8 Å². The number of aromatic nitrogens is 1. The predicted octanol–water partition coefficient (Wildman–Crippen LogP) is 1.69. The van der Waals surface area contributed by atoms with Gasteiger partial charge in [0.15, 0.2) is 0 Å². The quantitative estimate of drug-likeness (QED) is 0.877. The summed E-state index contributed by atoms with van der Waals surface area (Å²) < 4.78 is 27.5. The standard InChI is InChI=1S/C14H16F2N2O2/c1-10-6-11-4-2-3-5-12(11)18(10)7-13(20)17-8-14(15,16)9-19/h2-6,19H,7-9H2,1H3,(H,17,20). The van der Waals surface area contributed by atoms with Gasteiger partial charge in [0.1, 0.15) is 13.2 Å². The molecule has 1 amide bonds. The molecule has 0 unspecified atom stereocenters. The number of aryl methyl sites for hydroxylation is 1. The Bertz CT molecular complexity index is 623. The number of para-hydroxylation sites is 1. The molecule has 1 aromatic heterocycles. The lowest BCUT2D eigenvalue weighted by Gasteiger charge is -2.15. The SMILES string of the molecule is Cc1cc2ccccc2n1CC(=O)NCC(F)(F)CO. The van der Waals surface area contributed by atoms with Crippen molar-refractivity contribution in [3.05, 3.63) is 36.0 Å². The van der Waals surface area contributed by atoms with Gasteiger partial charge in [-0.05, 0) is 24.4 Å². The molecule has 2 rings (SSSR count). The summed E-state index contributed by atoms with van der Waals surface area (Å²) in [6.07, 6.45) is 0. The van der Waals surface area contributed by atoms with Crippen molar-refractivity contribution in [2.45, 2.75) is 19.4 Å². The number of aliphatic hydroxyl groups is 1. The number of halogens is 2. The molecule has 2 N–H and O–H groups in total. The molecule has 0 aliphatic rings. The fraction of sp³-hybridized carbons (Fsp3) is 0.357. The number of alkyl halides is 2. The maximum absolute atomic E-state index is 12.9. The van der Waals surface area contributed by atoms with E-state index in [9.17, 15) is 13.6 Å². The van der Waals surface area contributed by atoms with Gasteiger partial charge in [-0.3, -0.25) is 4.79 Å². The number of nitrogens with zero attached hydrogens (tertiary/aromatic N) is 1. The van der Waals surface area contributed by atoms with Crippen LogP contribution in [0.2, 0.25) is 0 Å². The van der Waals surface area contributed by atoms with Gasteiger partial charge >= 0.3 is 0 Å². The molecular formula is C14H16F2N2O2. The molecule has 0 fully saturated rings. The summed E-state index contributed by atoms with van der Waals surface area (Å²) >= 11 is 0. The van der Waals surface area contributed by atoms with Crippen molar-refractivity contribution in [2.24, 2.45) is 0 Å². The van der Waals surface area contributed by atoms with Gasteiger partial charge in [0.25, 0.3) is 5.92 Å². The van der Waals surface area contributed by atoms with Gasteiger partial charge in [0.05, 0.1) is 6.54 Å². The Labute approximate surface area is 115 Å². The molecule has 6 heteroatoms. The van der Waals surface area contributed by atoms with Crippen LogP contribution >= 0.6 is 0 Å². The second-order valence-corrected chi connectivity index (χ2v) is 4.72. The third-order valence-corrected chi connectivity index (χ3v) is 3.09. The summed E-state index contributed by atoms with van der Waals surface area (Å²) in [5, 5.41) is 11.6. The summed E-state index contributed by atoms with van der Waals surface area (Å²) in [6.45, 7) is -0.310. The molecule has 0 saturated carbocycles. The molecule has 1 heterocycles. The lowest BCUT2D eigenvalue weighted by molar-refractivity contribution is -0.124. The van der Waals surface area contributed by atoms with E-state index in [-0.39, 0.29) is 6.54 Å². The van der Waals surface area contributed by atoms with Crippen LogP contribution in [0, 0.1) is 6.92 Å². The minimum absolute atomic E-state index is 0.0269. The smallest absolute Gasteiger partial charge is 0.287 e. The second-order valence-electron chi connectivity index (χ2n) is 4.72. The summed E-state index contributed by atoms with van der Waals surface area (Å²) in [6, 6.07) is 9.49. The number of nitrogens with one attached hydrogen (secondary N) is 1. The first-order valence-electron chi connectivity index (χ1n) is 6.23. The summed E-state index contributed by atoms with van der Waals surface area (Å²) in [7, 11) is 0. The number of carbonyl (C=O) groups excluding carboxylic acids is 1. The molecule has 0 atom stereocenters. The molecule has 1 aromatic carbocycles. The van der Waals surface area contributed by atoms with Crippen LogP contribution in [0.5, 0.6) is 0 Å². The van der Waals surface area contributed by atoms with E-state index in [1.165, 1.54) is 0 Å². The number of benzene rings is 1. The van der Waals surface area contributed by atoms with Gasteiger partial charge in [-0.1, -0.05) is 18.2 Å². The van der Waals surface area contributed by atoms with Gasteiger partial charge in [0, 0.05) is 11.2 Å². The lowest BCUT2D eigenvalue weighted by Crippen LogP contribution is -2.40. The van der Waals surface area contributed by atoms with E-state index in [1.807, 2.05) is 37.3 Å². The van der Waals surface area contributed by atoms with Gasteiger partial charge in [0.2, 0.25) is 5.91 Å². The molecule has 0 aliphatic heterocycles. The van der Waals surface area contributed by atoms with Crippen molar-refractivity contribution in [1.82, 2.24) is 9.88 Å². The van der Waals surface area contributed by atoms with E-state index in [0.29, 0.717) is 0 Å². The van der Waals surface area contributed by atoms with Crippen molar-refractivity contribution in [3.8, 4) is 0 Å². The van der Waals surface area contributed by atoms with E-state index in [2.05, 4.69) is 5.32 Å². The summed E-state index contributed by atoms with van der Waals surface area (Å²) in [5.41, 5.74) is 1.77. The van der Waals surface area contributed by atoms with E-state index in [1.54, 1.807) is 4.57 Å². The Balaban J connectivity index is 2.09. The van der Waals surface area contributed by atoms with Crippen molar-refractivity contribution in [3.63, 3.8) is 0 Å². The van der Waals surface area contributed by atoms with Crippen LogP contribution < -0.4 is 5.32 Å². The molecule has 2 aromatic rings. The lowest BCUT2D eigenvalue weighted by atomic mass is 10.2. The number of hydrogen-bond acceptors (Lipinski definition) is 2. The van der Waals surface area contributed by atoms with Crippen LogP contribution in [0.4, 0.5) is 8.78 Å². The normalized spacial score (nSPS) is 11.8. The first-order valence-corrected chi connectivity index (χ1v) is 6.23. The number of carbonyl (C=O) groups is 1. The zero-order valence-corrected chi connectivity index (χ0v) is 11.1. The average molecular weight is 282 g/mol. The van der Waals surface area contributed by atoms with Crippen molar-refractivity contribution in [2.75, 3.05) is 13.2 Å². The third kappa shape index (κ3) is 3.14. The fourth-order valence-corrected chi connectivity index (χ4v) is 2.04. The van der Waals surface area contributed by atoms with Gasteiger partial charge in [-0.25, -0.2) is 8.78 Å². The molecule has 0 aliphatic carbocycles. The molecule has 0 spiro atoms. The Morgan fingerprint density at radius 2 is 2.10 bits per heavy atom. The maximum Gasteiger partial charge on any atom is 0.287 e. The fourth-order valence-electron chi connectivity index (χ4n) is 2.04. The number of aliphatic hydroxyl groups excluding tert-OH is 1. The Morgan fingerprint density at radius 1 is 1.40 bits per heavy atom. The van der Waals surface area contributed by atoms with Gasteiger partial charge in [-0.15, -0.1) is 0 Å². The Kier molecular flexibility index (Phi) is 4.04. The number of amides is 1. The van der Waals surface area contributed by atoms with Crippen LogP contribution in [0.1, 0.15) is 5.69 Å². The third-order valence-electron chi connectivity index (χ3n) is 3.09. The number of rotatable bonds is 5. The maximum atomic E-state index is 12.9. The van der Waals surface area contributed by atoms with Crippen LogP contribution in [0.25, 0.3) is 10.9 Å². The van der Waals surface area contributed by atoms with Crippen molar-refractivity contribution < 1.29 is 18.7 Å². The molecule has 0 saturated heterocycles. The van der Waals surface area contributed by atoms with Crippen LogP contribution in [0.3, 0.4) is 0 Å². The van der Waals surface area contributed by atoms with Gasteiger partial charge < -0.3 is 15.0 Å². The van der Waals surface area contributed by atoms with E-state index in [0.717, 1.165) is 16.6 Å². The molecule has 0 radical (unpaired) electrons. The van der Waals surface area contributed by atoms with Crippen molar-refractivity contribution in [1.29, 1.82) is 0 Å². The summed E-state index contributed by atoms with van der Waals surface area (Å²) in [4.78, 5) is 11.7. The molecule has 4 nitrogen and oxygen atoms in total. The highest BCUT2D eigenvalue weighted by molar-refractivity contribution is 5.84. The van der Waals surface area contributed by atoms with Gasteiger partial charge in [-0.2, -0.15) is 0 Å². The highest BCUT2D eigenvalue weighted by Crippen LogP contribution is 2.19. The largest absolute Gasteiger partial charge is 0.390 e. The van der Waals surface area contributed by atoms with Crippen LogP contribution in [0.15, 0.2) is 30.3 Å². The molecule has 108 valence electrons. The van der Waals surface area contributed by atoms with E-state index < -0.39 is 25.0 Å². The predicted molar refractivity (Wildman–Crippen MR) is 71.7 cm³/mol. The first-order chi connectivity index (χ1) is 9.43. The molecule has 20 heavy (non-hydrogen) atoms. The highest BCUT2D eigenvalue weighted by Gasteiger charge is 2.28. The summed E-state index contributed by atoms with van der Waals surface area (Å²) in [5.74, 6) is -3.80. The highest BCUT2D eigenvalue weighted by atomic mass is 19.3. The molecule has 0 bridgehead atoms. The first kappa shape index (κ1) is 14.5. The minimum Gasteiger partial charge on any atom is -0.390 e. The Morgan fingerprint density at radius 3 is 2.80 bits per heavy atom. The van der Waals surface area contributed by atoms with E-state index in [4.69, 9.17) is 5.11 Å².